The summed E-state index contributed by atoms with van der Waals surface area (Å²) >= 11 is 0. The van der Waals surface area contributed by atoms with E-state index in [1.165, 1.54) is 12.1 Å². The quantitative estimate of drug-likeness (QED) is 0.814. The Kier molecular flexibility index (Phi) is 4.45. The van der Waals surface area contributed by atoms with Crippen molar-refractivity contribution in [2.24, 2.45) is 4.36 Å². The van der Waals surface area contributed by atoms with Gasteiger partial charge in [0.15, 0.2) is 6.29 Å². The summed E-state index contributed by atoms with van der Waals surface area (Å²) in [4.78, 5) is 23.6. The molecule has 0 aromatic heterocycles. The predicted octanol–water partition coefficient (Wildman–Crippen LogP) is 3.31. The van der Waals surface area contributed by atoms with Crippen molar-refractivity contribution in [1.82, 2.24) is 0 Å². The molecule has 2 aromatic carbocycles. The normalized spacial score (nSPS) is 13.0. The number of hydrogen-bond donors (Lipinski definition) is 0. The second-order valence-electron chi connectivity index (χ2n) is 4.15. The monoisotopic (exact) mass is 299 g/mol. The van der Waals surface area contributed by atoms with E-state index in [-0.39, 0.29) is 11.1 Å². The lowest BCUT2D eigenvalue weighted by molar-refractivity contribution is 0.0997. The molecule has 1 atom stereocenters. The molecule has 1 amide bonds. The van der Waals surface area contributed by atoms with Gasteiger partial charge in [0, 0.05) is 11.0 Å². The lowest BCUT2D eigenvalue weighted by Gasteiger charge is -2.05. The third-order valence-corrected chi connectivity index (χ3v) is 4.68. The van der Waals surface area contributed by atoms with Crippen molar-refractivity contribution < 1.29 is 13.8 Å². The molecule has 0 bridgehead atoms. The molecule has 0 saturated heterocycles. The van der Waals surface area contributed by atoms with Crippen LogP contribution < -0.4 is 0 Å². The standard InChI is InChI=1S/C16H13NO3S/c1-2-21(20,14-9-4-3-5-10-14)17-16(19)15-11-7-6-8-13(15)12-18/h2-12H,1H2. The Hall–Kier alpha value is -2.53. The third-order valence-electron chi connectivity index (χ3n) is 2.84. The summed E-state index contributed by atoms with van der Waals surface area (Å²) in [6.07, 6.45) is 0.570. The average Bonchev–Trinajstić information content (AvgIpc) is 2.55. The first kappa shape index (κ1) is 14.9. The Morgan fingerprint density at radius 2 is 1.67 bits per heavy atom. The molecule has 0 aliphatic carbocycles. The number of carbonyl (C=O) groups is 2. The molecule has 106 valence electrons. The van der Waals surface area contributed by atoms with Crippen molar-refractivity contribution in [3.8, 4) is 0 Å². The van der Waals surface area contributed by atoms with Crippen LogP contribution in [-0.4, -0.2) is 16.4 Å². The Morgan fingerprint density at radius 1 is 1.05 bits per heavy atom. The number of aldehydes is 1. The molecule has 0 spiro atoms. The molecule has 1 unspecified atom stereocenters. The Bertz CT molecular complexity index is 803. The number of rotatable bonds is 4. The molecule has 5 heteroatoms. The summed E-state index contributed by atoms with van der Waals surface area (Å²) in [7, 11) is -3.05. The van der Waals surface area contributed by atoms with Crippen LogP contribution in [0.2, 0.25) is 0 Å². The zero-order chi connectivity index (χ0) is 15.3. The van der Waals surface area contributed by atoms with Crippen LogP contribution >= 0.6 is 0 Å². The molecule has 0 heterocycles. The van der Waals surface area contributed by atoms with E-state index in [0.717, 1.165) is 5.41 Å². The molecule has 0 aliphatic heterocycles. The van der Waals surface area contributed by atoms with Gasteiger partial charge in [-0.25, -0.2) is 4.21 Å². The zero-order valence-corrected chi connectivity index (χ0v) is 12.0. The van der Waals surface area contributed by atoms with E-state index in [9.17, 15) is 13.8 Å². The largest absolute Gasteiger partial charge is 0.298 e. The molecular formula is C16H13NO3S. The second kappa shape index (κ2) is 6.28. The lowest BCUT2D eigenvalue weighted by Crippen LogP contribution is -2.05. The van der Waals surface area contributed by atoms with Crippen LogP contribution in [0.4, 0.5) is 0 Å². The highest BCUT2D eigenvalue weighted by Gasteiger charge is 2.15. The maximum atomic E-state index is 12.7. The SMILES string of the molecule is C=CS(=O)(=NC(=O)c1ccccc1C=O)c1ccccc1. The molecular weight excluding hydrogens is 286 g/mol. The third kappa shape index (κ3) is 3.14. The number of hydrogen-bond acceptors (Lipinski definition) is 3. The molecule has 0 N–H and O–H groups in total. The van der Waals surface area contributed by atoms with Crippen LogP contribution in [0.3, 0.4) is 0 Å². The van der Waals surface area contributed by atoms with Gasteiger partial charge in [-0.2, -0.15) is 0 Å². The number of benzene rings is 2. The Balaban J connectivity index is 2.55. The summed E-state index contributed by atoms with van der Waals surface area (Å²) in [5.74, 6) is -0.702. The van der Waals surface area contributed by atoms with Crippen LogP contribution in [-0.2, 0) is 9.73 Å². The predicted molar refractivity (Wildman–Crippen MR) is 81.6 cm³/mol. The van der Waals surface area contributed by atoms with E-state index >= 15 is 0 Å². The number of carbonyl (C=O) groups excluding carboxylic acids is 2. The van der Waals surface area contributed by atoms with Crippen molar-refractivity contribution in [2.75, 3.05) is 0 Å². The lowest BCUT2D eigenvalue weighted by atomic mass is 10.1. The van der Waals surface area contributed by atoms with Crippen LogP contribution in [0.1, 0.15) is 20.7 Å². The van der Waals surface area contributed by atoms with Crippen molar-refractivity contribution in [1.29, 1.82) is 0 Å². The highest BCUT2D eigenvalue weighted by molar-refractivity contribution is 7.96. The van der Waals surface area contributed by atoms with E-state index in [0.29, 0.717) is 11.2 Å². The second-order valence-corrected chi connectivity index (χ2v) is 6.27. The van der Waals surface area contributed by atoms with Gasteiger partial charge in [-0.3, -0.25) is 9.59 Å². The minimum Gasteiger partial charge on any atom is -0.298 e. The number of nitrogens with zero attached hydrogens (tertiary/aromatic N) is 1. The van der Waals surface area contributed by atoms with Gasteiger partial charge >= 0.3 is 0 Å². The molecule has 2 aromatic rings. The summed E-state index contributed by atoms with van der Waals surface area (Å²) in [6.45, 7) is 3.51. The first-order valence-electron chi connectivity index (χ1n) is 6.14. The van der Waals surface area contributed by atoms with Gasteiger partial charge in [-0.05, 0) is 18.2 Å². The van der Waals surface area contributed by atoms with Gasteiger partial charge in [0.25, 0.3) is 5.91 Å². The minimum absolute atomic E-state index is 0.123. The summed E-state index contributed by atoms with van der Waals surface area (Å²) in [5, 5.41) is 1.16. The minimum atomic E-state index is -3.05. The summed E-state index contributed by atoms with van der Waals surface area (Å²) < 4.78 is 16.5. The maximum Gasteiger partial charge on any atom is 0.286 e. The maximum absolute atomic E-state index is 12.7. The molecule has 0 saturated carbocycles. The van der Waals surface area contributed by atoms with E-state index < -0.39 is 15.6 Å². The van der Waals surface area contributed by atoms with Crippen LogP contribution in [0.15, 0.2) is 75.8 Å². The van der Waals surface area contributed by atoms with Gasteiger partial charge < -0.3 is 0 Å². The molecule has 2 rings (SSSR count). The van der Waals surface area contributed by atoms with E-state index in [2.05, 4.69) is 10.9 Å². The van der Waals surface area contributed by atoms with Crippen LogP contribution in [0.25, 0.3) is 0 Å². The fourth-order valence-corrected chi connectivity index (χ4v) is 3.03. The Labute approximate surface area is 123 Å². The summed E-state index contributed by atoms with van der Waals surface area (Å²) in [5.41, 5.74) is 0.336. The van der Waals surface area contributed by atoms with Crippen LogP contribution in [0, 0.1) is 0 Å². The van der Waals surface area contributed by atoms with Crippen molar-refractivity contribution in [3.05, 3.63) is 77.7 Å². The van der Waals surface area contributed by atoms with Gasteiger partial charge in [0.1, 0.15) is 9.73 Å². The molecule has 4 nitrogen and oxygen atoms in total. The van der Waals surface area contributed by atoms with Gasteiger partial charge in [0.05, 0.1) is 10.5 Å². The average molecular weight is 299 g/mol. The molecule has 0 radical (unpaired) electrons. The number of amides is 1. The highest BCUT2D eigenvalue weighted by atomic mass is 32.2. The van der Waals surface area contributed by atoms with E-state index in [1.54, 1.807) is 42.5 Å². The Morgan fingerprint density at radius 3 is 2.29 bits per heavy atom. The topological polar surface area (TPSA) is 63.6 Å². The van der Waals surface area contributed by atoms with Crippen molar-refractivity contribution in [2.45, 2.75) is 4.90 Å². The first-order valence-corrected chi connectivity index (χ1v) is 7.72. The molecule has 0 aliphatic rings. The first-order chi connectivity index (χ1) is 10.1. The fourth-order valence-electron chi connectivity index (χ4n) is 1.77. The zero-order valence-electron chi connectivity index (χ0n) is 11.1. The van der Waals surface area contributed by atoms with Gasteiger partial charge in [-0.1, -0.05) is 43.0 Å². The van der Waals surface area contributed by atoms with Crippen LogP contribution in [0.5, 0.6) is 0 Å². The molecule has 21 heavy (non-hydrogen) atoms. The van der Waals surface area contributed by atoms with E-state index in [1.807, 2.05) is 0 Å². The fraction of sp³-hybridized carbons (Fsp3) is 0. The van der Waals surface area contributed by atoms with E-state index in [4.69, 9.17) is 0 Å². The highest BCUT2D eigenvalue weighted by Crippen LogP contribution is 2.17. The molecule has 0 fully saturated rings. The van der Waals surface area contributed by atoms with Gasteiger partial charge in [-0.15, -0.1) is 4.36 Å². The van der Waals surface area contributed by atoms with Crippen molar-refractivity contribution >= 4 is 21.9 Å². The summed E-state index contributed by atoms with van der Waals surface area (Å²) in [6, 6.07) is 14.7. The smallest absolute Gasteiger partial charge is 0.286 e. The van der Waals surface area contributed by atoms with Crippen molar-refractivity contribution in [3.63, 3.8) is 0 Å². The van der Waals surface area contributed by atoms with Gasteiger partial charge in [0.2, 0.25) is 0 Å².